The topological polar surface area (TPSA) is 82.4 Å². The first-order chi connectivity index (χ1) is 14.3. The summed E-state index contributed by atoms with van der Waals surface area (Å²) in [5, 5.41) is 11.5. The van der Waals surface area contributed by atoms with Gasteiger partial charge in [-0.25, -0.2) is 4.68 Å². The molecule has 0 saturated carbocycles. The third kappa shape index (κ3) is 3.65. The van der Waals surface area contributed by atoms with Crippen molar-refractivity contribution in [3.63, 3.8) is 0 Å². The van der Waals surface area contributed by atoms with Gasteiger partial charge in [0.2, 0.25) is 6.79 Å². The Morgan fingerprint density at radius 1 is 1.10 bits per heavy atom. The highest BCUT2D eigenvalue weighted by Gasteiger charge is 2.24. The summed E-state index contributed by atoms with van der Waals surface area (Å²) in [6.07, 6.45) is 2.41. The van der Waals surface area contributed by atoms with Crippen LogP contribution in [-0.2, 0) is 0 Å². The monoisotopic (exact) mass is 409 g/mol. The van der Waals surface area contributed by atoms with E-state index in [1.807, 2.05) is 47.0 Å². The Kier molecular flexibility index (Phi) is 4.81. The summed E-state index contributed by atoms with van der Waals surface area (Å²) >= 11 is 1.88. The predicted molar refractivity (Wildman–Crippen MR) is 107 cm³/mol. The lowest BCUT2D eigenvalue weighted by molar-refractivity contribution is 0.0766. The third-order valence-corrected chi connectivity index (χ3v) is 6.43. The van der Waals surface area contributed by atoms with Gasteiger partial charge in [0.15, 0.2) is 11.5 Å². The Hall–Kier alpha value is -3.07. The fourth-order valence-corrected chi connectivity index (χ4v) is 4.82. The SMILES string of the molecule is O=C(c1cccc(-n2cnnn2)c1)N1CCSC(c2ccc3c(c2)OCO3)CC1. The number of carbonyl (C=O) groups is 1. The van der Waals surface area contributed by atoms with Gasteiger partial charge >= 0.3 is 0 Å². The molecule has 0 aliphatic carbocycles. The van der Waals surface area contributed by atoms with Gasteiger partial charge in [-0.3, -0.25) is 4.79 Å². The number of ether oxygens (including phenoxy) is 2. The van der Waals surface area contributed by atoms with E-state index in [0.29, 0.717) is 17.4 Å². The first kappa shape index (κ1) is 18.0. The predicted octanol–water partition coefficient (Wildman–Crippen LogP) is 2.71. The van der Waals surface area contributed by atoms with E-state index in [-0.39, 0.29) is 12.7 Å². The lowest BCUT2D eigenvalue weighted by atomic mass is 10.1. The van der Waals surface area contributed by atoms with Crippen molar-refractivity contribution >= 4 is 17.7 Å². The van der Waals surface area contributed by atoms with Gasteiger partial charge in [0.25, 0.3) is 5.91 Å². The summed E-state index contributed by atoms with van der Waals surface area (Å²) in [7, 11) is 0. The molecule has 2 aromatic carbocycles. The molecule has 1 fully saturated rings. The Balaban J connectivity index is 1.29. The summed E-state index contributed by atoms with van der Waals surface area (Å²) < 4.78 is 12.5. The average Bonchev–Trinajstić information content (AvgIpc) is 3.40. The largest absolute Gasteiger partial charge is 0.454 e. The molecule has 8 nitrogen and oxygen atoms in total. The van der Waals surface area contributed by atoms with Gasteiger partial charge in [-0.15, -0.1) is 5.10 Å². The number of amides is 1. The van der Waals surface area contributed by atoms with Crippen LogP contribution in [0.2, 0.25) is 0 Å². The Morgan fingerprint density at radius 2 is 2.03 bits per heavy atom. The molecule has 0 N–H and O–H groups in total. The summed E-state index contributed by atoms with van der Waals surface area (Å²) in [6.45, 7) is 1.71. The van der Waals surface area contributed by atoms with E-state index in [9.17, 15) is 4.79 Å². The average molecular weight is 409 g/mol. The molecular weight excluding hydrogens is 390 g/mol. The number of tetrazole rings is 1. The van der Waals surface area contributed by atoms with Crippen LogP contribution in [0, 0.1) is 0 Å². The zero-order valence-corrected chi connectivity index (χ0v) is 16.4. The van der Waals surface area contributed by atoms with Crippen LogP contribution in [0.1, 0.15) is 27.6 Å². The fraction of sp³-hybridized carbons (Fsp3) is 0.300. The van der Waals surface area contributed by atoms with E-state index >= 15 is 0 Å². The van der Waals surface area contributed by atoms with E-state index in [2.05, 4.69) is 27.7 Å². The smallest absolute Gasteiger partial charge is 0.253 e. The van der Waals surface area contributed by atoms with E-state index in [1.165, 1.54) is 11.9 Å². The molecular formula is C20H19N5O3S. The summed E-state index contributed by atoms with van der Waals surface area (Å²) in [6, 6.07) is 13.5. The molecule has 1 unspecified atom stereocenters. The van der Waals surface area contributed by atoms with Crippen molar-refractivity contribution in [1.29, 1.82) is 0 Å². The maximum absolute atomic E-state index is 13.1. The van der Waals surface area contributed by atoms with Gasteiger partial charge in [-0.2, -0.15) is 11.8 Å². The number of carbonyl (C=O) groups excluding carboxylic acids is 1. The molecule has 1 atom stereocenters. The Morgan fingerprint density at radius 3 is 2.93 bits per heavy atom. The van der Waals surface area contributed by atoms with Gasteiger partial charge in [0, 0.05) is 29.7 Å². The van der Waals surface area contributed by atoms with Gasteiger partial charge in [-0.05, 0) is 52.7 Å². The second-order valence-corrected chi connectivity index (χ2v) is 8.17. The van der Waals surface area contributed by atoms with Crippen LogP contribution in [-0.4, -0.2) is 56.6 Å². The van der Waals surface area contributed by atoms with Crippen molar-refractivity contribution in [3.8, 4) is 17.2 Å². The van der Waals surface area contributed by atoms with Crippen molar-refractivity contribution in [2.75, 3.05) is 25.6 Å². The second-order valence-electron chi connectivity index (χ2n) is 6.86. The van der Waals surface area contributed by atoms with Crippen LogP contribution in [0.25, 0.3) is 5.69 Å². The minimum Gasteiger partial charge on any atom is -0.454 e. The maximum Gasteiger partial charge on any atom is 0.253 e. The van der Waals surface area contributed by atoms with Crippen molar-refractivity contribution in [3.05, 3.63) is 59.9 Å². The van der Waals surface area contributed by atoms with Crippen molar-refractivity contribution < 1.29 is 14.3 Å². The summed E-state index contributed by atoms with van der Waals surface area (Å²) in [5.41, 5.74) is 2.63. The molecule has 1 saturated heterocycles. The molecule has 148 valence electrons. The molecule has 29 heavy (non-hydrogen) atoms. The molecule has 5 rings (SSSR count). The molecule has 9 heteroatoms. The molecule has 2 aliphatic heterocycles. The first-order valence-corrected chi connectivity index (χ1v) is 10.5. The standard InChI is InChI=1S/C20H19N5O3S/c26-20(15-2-1-3-16(10-15)25-12-21-22-23-25)24-7-6-19(29-9-8-24)14-4-5-17-18(11-14)28-13-27-17/h1-5,10-12,19H,6-9,13H2. The number of benzene rings is 2. The molecule has 0 radical (unpaired) electrons. The third-order valence-electron chi connectivity index (χ3n) is 5.10. The molecule has 2 aliphatic rings. The molecule has 1 aromatic heterocycles. The quantitative estimate of drug-likeness (QED) is 0.658. The van der Waals surface area contributed by atoms with Crippen LogP contribution in [0.3, 0.4) is 0 Å². The van der Waals surface area contributed by atoms with E-state index in [4.69, 9.17) is 9.47 Å². The minimum absolute atomic E-state index is 0.0341. The highest BCUT2D eigenvalue weighted by Crippen LogP contribution is 2.40. The Bertz CT molecular complexity index is 1030. The number of hydrogen-bond donors (Lipinski definition) is 0. The number of rotatable bonds is 3. The van der Waals surface area contributed by atoms with Gasteiger partial charge in [0.05, 0.1) is 5.69 Å². The number of fused-ring (bicyclic) bond motifs is 1. The van der Waals surface area contributed by atoms with Crippen LogP contribution >= 0.6 is 11.8 Å². The van der Waals surface area contributed by atoms with E-state index < -0.39 is 0 Å². The van der Waals surface area contributed by atoms with Gasteiger partial charge in [-0.1, -0.05) is 12.1 Å². The van der Waals surface area contributed by atoms with Crippen LogP contribution in [0.4, 0.5) is 0 Å². The van der Waals surface area contributed by atoms with Crippen molar-refractivity contribution in [2.45, 2.75) is 11.7 Å². The van der Waals surface area contributed by atoms with Gasteiger partial charge in [0.1, 0.15) is 6.33 Å². The van der Waals surface area contributed by atoms with E-state index in [0.717, 1.165) is 35.9 Å². The zero-order valence-electron chi connectivity index (χ0n) is 15.6. The number of hydrogen-bond acceptors (Lipinski definition) is 7. The molecule has 3 aromatic rings. The van der Waals surface area contributed by atoms with Crippen LogP contribution in [0.5, 0.6) is 11.5 Å². The van der Waals surface area contributed by atoms with E-state index in [1.54, 1.807) is 4.68 Å². The normalized spacial score (nSPS) is 18.5. The van der Waals surface area contributed by atoms with Gasteiger partial charge < -0.3 is 14.4 Å². The fourth-order valence-electron chi connectivity index (χ4n) is 3.60. The first-order valence-electron chi connectivity index (χ1n) is 9.42. The highest BCUT2D eigenvalue weighted by molar-refractivity contribution is 7.99. The zero-order chi connectivity index (χ0) is 19.6. The van der Waals surface area contributed by atoms with Crippen molar-refractivity contribution in [1.82, 2.24) is 25.1 Å². The van der Waals surface area contributed by atoms with Crippen LogP contribution in [0.15, 0.2) is 48.8 Å². The summed E-state index contributed by atoms with van der Waals surface area (Å²) in [5.74, 6) is 2.52. The maximum atomic E-state index is 13.1. The molecule has 0 bridgehead atoms. The minimum atomic E-state index is 0.0341. The summed E-state index contributed by atoms with van der Waals surface area (Å²) in [4.78, 5) is 15.0. The molecule has 1 amide bonds. The number of thioether (sulfide) groups is 1. The lowest BCUT2D eigenvalue weighted by Crippen LogP contribution is -2.33. The molecule has 0 spiro atoms. The second kappa shape index (κ2) is 7.75. The molecule has 3 heterocycles. The Labute approximate surface area is 171 Å². The number of nitrogens with zero attached hydrogens (tertiary/aromatic N) is 5. The number of aromatic nitrogens is 4. The van der Waals surface area contributed by atoms with Crippen LogP contribution < -0.4 is 9.47 Å². The highest BCUT2D eigenvalue weighted by atomic mass is 32.2. The van der Waals surface area contributed by atoms with Crippen molar-refractivity contribution in [2.24, 2.45) is 0 Å². The lowest BCUT2D eigenvalue weighted by Gasteiger charge is -2.20.